The van der Waals surface area contributed by atoms with Gasteiger partial charge in [0.2, 0.25) is 5.16 Å². The summed E-state index contributed by atoms with van der Waals surface area (Å²) in [7, 11) is 1.85. The molecule has 0 saturated carbocycles. The largest absolute Gasteiger partial charge is 0.343 e. The van der Waals surface area contributed by atoms with Crippen molar-refractivity contribution in [1.29, 1.82) is 0 Å². The number of hydrogen-bond donors (Lipinski definition) is 1. The number of thioether (sulfide) groups is 1. The number of aromatic nitrogens is 5. The maximum atomic E-state index is 6.39. The smallest absolute Gasteiger partial charge is 0.209 e. The van der Waals surface area contributed by atoms with E-state index in [1.165, 1.54) is 16.5 Å². The SMILES string of the molecule is Cn1nnnc1SCCCNCc1cn(Cc2ccc(Cl)cc2Cl)c2ccccc12. The summed E-state index contributed by atoms with van der Waals surface area (Å²) < 4.78 is 3.94. The van der Waals surface area contributed by atoms with Crippen LogP contribution in [0.4, 0.5) is 0 Å². The quantitative estimate of drug-likeness (QED) is 0.287. The maximum Gasteiger partial charge on any atom is 0.209 e. The number of benzene rings is 2. The molecular weight excluding hydrogens is 439 g/mol. The first kappa shape index (κ1) is 21.2. The van der Waals surface area contributed by atoms with Gasteiger partial charge in [0.05, 0.1) is 0 Å². The second-order valence-electron chi connectivity index (χ2n) is 7.00. The van der Waals surface area contributed by atoms with E-state index in [1.54, 1.807) is 22.5 Å². The van der Waals surface area contributed by atoms with Crippen LogP contribution in [0.25, 0.3) is 10.9 Å². The highest BCUT2D eigenvalue weighted by Crippen LogP contribution is 2.26. The zero-order valence-electron chi connectivity index (χ0n) is 16.6. The molecular formula is C21H22Cl2N6S. The van der Waals surface area contributed by atoms with Gasteiger partial charge in [-0.2, -0.15) is 0 Å². The molecule has 0 saturated heterocycles. The summed E-state index contributed by atoms with van der Waals surface area (Å²) in [6.45, 7) is 2.46. The molecule has 0 aliphatic carbocycles. The average Bonchev–Trinajstić information content (AvgIpc) is 3.30. The topological polar surface area (TPSA) is 60.6 Å². The molecule has 0 amide bonds. The summed E-state index contributed by atoms with van der Waals surface area (Å²) in [5, 5.41) is 18.5. The zero-order chi connectivity index (χ0) is 20.9. The van der Waals surface area contributed by atoms with Crippen LogP contribution in [0.1, 0.15) is 17.5 Å². The highest BCUT2D eigenvalue weighted by atomic mass is 35.5. The van der Waals surface area contributed by atoms with E-state index in [9.17, 15) is 0 Å². The van der Waals surface area contributed by atoms with Crippen molar-refractivity contribution < 1.29 is 0 Å². The molecule has 2 aromatic heterocycles. The van der Waals surface area contributed by atoms with Gasteiger partial charge >= 0.3 is 0 Å². The Hall–Kier alpha value is -2.06. The highest BCUT2D eigenvalue weighted by molar-refractivity contribution is 7.99. The Morgan fingerprint density at radius 2 is 1.97 bits per heavy atom. The Labute approximate surface area is 189 Å². The van der Waals surface area contributed by atoms with Crippen LogP contribution in [0.3, 0.4) is 0 Å². The fraction of sp³-hybridized carbons (Fsp3) is 0.286. The summed E-state index contributed by atoms with van der Waals surface area (Å²) in [5.41, 5.74) is 3.53. The minimum Gasteiger partial charge on any atom is -0.343 e. The fourth-order valence-electron chi connectivity index (χ4n) is 3.36. The summed E-state index contributed by atoms with van der Waals surface area (Å²) in [4.78, 5) is 0. The lowest BCUT2D eigenvalue weighted by atomic mass is 10.2. The number of halogens is 2. The first-order valence-corrected chi connectivity index (χ1v) is 11.4. The summed E-state index contributed by atoms with van der Waals surface area (Å²) >= 11 is 14.1. The Morgan fingerprint density at radius 3 is 2.77 bits per heavy atom. The van der Waals surface area contributed by atoms with E-state index >= 15 is 0 Å². The Bertz CT molecular complexity index is 1140. The van der Waals surface area contributed by atoms with Crippen LogP contribution in [-0.4, -0.2) is 37.1 Å². The highest BCUT2D eigenvalue weighted by Gasteiger charge is 2.10. The van der Waals surface area contributed by atoms with Crippen LogP contribution in [0.2, 0.25) is 10.0 Å². The van der Waals surface area contributed by atoms with Crippen molar-refractivity contribution in [2.24, 2.45) is 7.05 Å². The second kappa shape index (κ2) is 9.83. The predicted molar refractivity (Wildman–Crippen MR) is 123 cm³/mol. The van der Waals surface area contributed by atoms with Gasteiger partial charge in [-0.25, -0.2) is 4.68 Å². The molecule has 6 nitrogen and oxygen atoms in total. The van der Waals surface area contributed by atoms with Crippen molar-refractivity contribution >= 4 is 45.9 Å². The third-order valence-corrected chi connectivity index (χ3v) is 6.54. The molecule has 0 bridgehead atoms. The Balaban J connectivity index is 1.37. The van der Waals surface area contributed by atoms with Crippen molar-refractivity contribution in [3.63, 3.8) is 0 Å². The molecule has 0 unspecified atom stereocenters. The predicted octanol–water partition coefficient (Wildman–Crippen LogP) is 4.79. The van der Waals surface area contributed by atoms with Crippen LogP contribution in [0, 0.1) is 0 Å². The maximum absolute atomic E-state index is 6.39. The number of tetrazole rings is 1. The standard InChI is InChI=1S/C21H22Cl2N6S/c1-28-21(25-26-27-28)30-10-4-9-24-12-16-14-29(20-6-3-2-5-18(16)20)13-15-7-8-17(22)11-19(15)23/h2-3,5-8,11,14,24H,4,9-10,12-13H2,1H3. The summed E-state index contributed by atoms with van der Waals surface area (Å²) in [6, 6.07) is 14.1. The first-order valence-electron chi connectivity index (χ1n) is 9.68. The minimum atomic E-state index is 0.652. The molecule has 0 aliphatic rings. The monoisotopic (exact) mass is 460 g/mol. The number of rotatable bonds is 9. The normalized spacial score (nSPS) is 11.4. The number of fused-ring (bicyclic) bond motifs is 1. The van der Waals surface area contributed by atoms with E-state index in [0.717, 1.165) is 36.0 Å². The van der Waals surface area contributed by atoms with E-state index in [0.29, 0.717) is 16.6 Å². The molecule has 9 heteroatoms. The lowest BCUT2D eigenvalue weighted by molar-refractivity contribution is 0.661. The third-order valence-electron chi connectivity index (χ3n) is 4.85. The van der Waals surface area contributed by atoms with E-state index < -0.39 is 0 Å². The van der Waals surface area contributed by atoms with Gasteiger partial charge < -0.3 is 9.88 Å². The molecule has 0 fully saturated rings. The molecule has 2 aromatic carbocycles. The lowest BCUT2D eigenvalue weighted by Gasteiger charge is -2.08. The molecule has 30 heavy (non-hydrogen) atoms. The lowest BCUT2D eigenvalue weighted by Crippen LogP contribution is -2.15. The molecule has 4 aromatic rings. The fourth-order valence-corrected chi connectivity index (χ4v) is 4.61. The second-order valence-corrected chi connectivity index (χ2v) is 8.90. The molecule has 0 atom stereocenters. The van der Waals surface area contributed by atoms with E-state index in [-0.39, 0.29) is 0 Å². The molecule has 2 heterocycles. The first-order chi connectivity index (χ1) is 14.6. The van der Waals surface area contributed by atoms with E-state index in [2.05, 4.69) is 55.9 Å². The van der Waals surface area contributed by atoms with Crippen LogP contribution in [-0.2, 0) is 20.1 Å². The van der Waals surface area contributed by atoms with E-state index in [1.807, 2.05) is 19.2 Å². The van der Waals surface area contributed by atoms with Crippen molar-refractivity contribution in [2.75, 3.05) is 12.3 Å². The van der Waals surface area contributed by atoms with Crippen LogP contribution in [0.15, 0.2) is 53.8 Å². The van der Waals surface area contributed by atoms with E-state index in [4.69, 9.17) is 23.2 Å². The van der Waals surface area contributed by atoms with Gasteiger partial charge in [0.1, 0.15) is 0 Å². The number of nitrogens with one attached hydrogen (secondary N) is 1. The molecule has 156 valence electrons. The van der Waals surface area contributed by atoms with Gasteiger partial charge in [0, 0.05) is 53.0 Å². The zero-order valence-corrected chi connectivity index (χ0v) is 18.9. The van der Waals surface area contributed by atoms with Crippen molar-refractivity contribution in [3.8, 4) is 0 Å². The van der Waals surface area contributed by atoms with Gasteiger partial charge in [-0.3, -0.25) is 0 Å². The summed E-state index contributed by atoms with van der Waals surface area (Å²) in [5.74, 6) is 0.970. The van der Waals surface area contributed by atoms with Gasteiger partial charge in [0.15, 0.2) is 0 Å². The number of hydrogen-bond acceptors (Lipinski definition) is 5. The van der Waals surface area contributed by atoms with Crippen LogP contribution < -0.4 is 5.32 Å². The van der Waals surface area contributed by atoms with Gasteiger partial charge in [-0.1, -0.05) is 59.2 Å². The van der Waals surface area contributed by atoms with Gasteiger partial charge in [-0.15, -0.1) is 5.10 Å². The average molecular weight is 461 g/mol. The number of aryl methyl sites for hydroxylation is 1. The van der Waals surface area contributed by atoms with Crippen LogP contribution in [0.5, 0.6) is 0 Å². The minimum absolute atomic E-state index is 0.652. The number of nitrogens with zero attached hydrogens (tertiary/aromatic N) is 5. The summed E-state index contributed by atoms with van der Waals surface area (Å²) in [6.07, 6.45) is 3.25. The third kappa shape index (κ3) is 4.98. The molecule has 0 aliphatic heterocycles. The van der Waals surface area contributed by atoms with Crippen molar-refractivity contribution in [3.05, 3.63) is 69.8 Å². The molecule has 0 radical (unpaired) electrons. The molecule has 4 rings (SSSR count). The van der Waals surface area contributed by atoms with Crippen LogP contribution >= 0.6 is 35.0 Å². The van der Waals surface area contributed by atoms with Crippen molar-refractivity contribution in [1.82, 2.24) is 30.1 Å². The van der Waals surface area contributed by atoms with Gasteiger partial charge in [-0.05, 0) is 52.7 Å². The Morgan fingerprint density at radius 1 is 1.10 bits per heavy atom. The van der Waals surface area contributed by atoms with Crippen molar-refractivity contribution in [2.45, 2.75) is 24.7 Å². The number of para-hydroxylation sites is 1. The molecule has 0 spiro atoms. The Kier molecular flexibility index (Phi) is 6.94. The van der Waals surface area contributed by atoms with Gasteiger partial charge in [0.25, 0.3) is 0 Å². The molecule has 1 N–H and O–H groups in total.